The highest BCUT2D eigenvalue weighted by atomic mass is 79.9. The Bertz CT molecular complexity index is 421. The fraction of sp³-hybridized carbons (Fsp3) is 0.182. The van der Waals surface area contributed by atoms with Crippen molar-refractivity contribution in [2.45, 2.75) is 0 Å². The van der Waals surface area contributed by atoms with Crippen molar-refractivity contribution in [3.05, 3.63) is 40.4 Å². The van der Waals surface area contributed by atoms with Gasteiger partial charge in [0.25, 0.3) is 0 Å². The molecule has 0 amide bonds. The molecule has 4 heteroatoms. The number of benzene rings is 1. The van der Waals surface area contributed by atoms with Gasteiger partial charge in [-0.3, -0.25) is 0 Å². The minimum Gasteiger partial charge on any atom is -0.478 e. The first kappa shape index (κ1) is 10.2. The van der Waals surface area contributed by atoms with Gasteiger partial charge in [0.05, 0.1) is 11.3 Å². The molecule has 3 nitrogen and oxygen atoms in total. The van der Waals surface area contributed by atoms with Crippen LogP contribution in [0.2, 0.25) is 0 Å². The molecule has 1 aromatic rings. The van der Waals surface area contributed by atoms with E-state index in [2.05, 4.69) is 33.0 Å². The zero-order chi connectivity index (χ0) is 10.8. The minimum absolute atomic E-state index is 0.320. The number of carbonyl (C=O) groups is 1. The second-order valence-corrected chi connectivity index (χ2v) is 4.20. The molecular formula is C11H10BrNO2. The van der Waals surface area contributed by atoms with Gasteiger partial charge in [-0.25, -0.2) is 4.79 Å². The van der Waals surface area contributed by atoms with Crippen molar-refractivity contribution in [1.29, 1.82) is 0 Å². The Balaban J connectivity index is 2.36. The summed E-state index contributed by atoms with van der Waals surface area (Å²) in [6, 6.07) is 5.07. The summed E-state index contributed by atoms with van der Waals surface area (Å²) in [5.74, 6) is -0.893. The van der Waals surface area contributed by atoms with Crippen LogP contribution in [0.1, 0.15) is 10.4 Å². The lowest BCUT2D eigenvalue weighted by atomic mass is 10.2. The highest BCUT2D eigenvalue weighted by molar-refractivity contribution is 9.10. The van der Waals surface area contributed by atoms with Crippen LogP contribution in [0.3, 0.4) is 0 Å². The van der Waals surface area contributed by atoms with Crippen molar-refractivity contribution < 1.29 is 9.90 Å². The van der Waals surface area contributed by atoms with Gasteiger partial charge in [-0.2, -0.15) is 0 Å². The zero-order valence-corrected chi connectivity index (χ0v) is 9.57. The van der Waals surface area contributed by atoms with Crippen LogP contribution >= 0.6 is 15.9 Å². The van der Waals surface area contributed by atoms with Crippen molar-refractivity contribution in [2.24, 2.45) is 0 Å². The van der Waals surface area contributed by atoms with Crippen molar-refractivity contribution in [2.75, 3.05) is 18.0 Å². The van der Waals surface area contributed by atoms with Gasteiger partial charge in [-0.15, -0.1) is 0 Å². The number of rotatable bonds is 2. The second kappa shape index (κ2) is 4.06. The number of carboxylic acid groups (broad SMARTS) is 1. The number of anilines is 1. The zero-order valence-electron chi connectivity index (χ0n) is 7.98. The first-order valence-corrected chi connectivity index (χ1v) is 5.40. The summed E-state index contributed by atoms with van der Waals surface area (Å²) in [6.45, 7) is 1.67. The molecule has 0 spiro atoms. The molecule has 0 saturated carbocycles. The molecule has 15 heavy (non-hydrogen) atoms. The Morgan fingerprint density at radius 1 is 1.33 bits per heavy atom. The lowest BCUT2D eigenvalue weighted by molar-refractivity contribution is 0.0697. The van der Waals surface area contributed by atoms with E-state index in [0.29, 0.717) is 5.56 Å². The molecule has 0 saturated heterocycles. The van der Waals surface area contributed by atoms with E-state index in [1.165, 1.54) is 0 Å². The van der Waals surface area contributed by atoms with Crippen LogP contribution in [-0.4, -0.2) is 24.2 Å². The fourth-order valence-electron chi connectivity index (χ4n) is 1.56. The molecule has 1 aliphatic heterocycles. The molecule has 0 atom stereocenters. The van der Waals surface area contributed by atoms with Gasteiger partial charge >= 0.3 is 5.97 Å². The van der Waals surface area contributed by atoms with Crippen LogP contribution in [0.25, 0.3) is 0 Å². The highest BCUT2D eigenvalue weighted by Gasteiger charge is 2.13. The van der Waals surface area contributed by atoms with Gasteiger partial charge in [0.1, 0.15) is 0 Å². The van der Waals surface area contributed by atoms with Gasteiger partial charge in [-0.05, 0) is 34.1 Å². The Kier molecular flexibility index (Phi) is 2.77. The summed E-state index contributed by atoms with van der Waals surface area (Å²) < 4.78 is 0.927. The summed E-state index contributed by atoms with van der Waals surface area (Å²) in [7, 11) is 0. The minimum atomic E-state index is -0.893. The van der Waals surface area contributed by atoms with Crippen LogP contribution in [0.4, 0.5) is 5.69 Å². The molecule has 1 aliphatic rings. The summed E-state index contributed by atoms with van der Waals surface area (Å²) in [4.78, 5) is 12.9. The number of hydrogen-bond donors (Lipinski definition) is 1. The number of nitrogens with zero attached hydrogens (tertiary/aromatic N) is 1. The highest BCUT2D eigenvalue weighted by Crippen LogP contribution is 2.28. The van der Waals surface area contributed by atoms with Crippen molar-refractivity contribution in [3.63, 3.8) is 0 Å². The number of aromatic carboxylic acids is 1. The molecule has 0 aromatic heterocycles. The number of carboxylic acids is 1. The summed E-state index contributed by atoms with van der Waals surface area (Å²) in [5.41, 5.74) is 1.25. The van der Waals surface area contributed by atoms with E-state index in [9.17, 15) is 4.79 Å². The van der Waals surface area contributed by atoms with E-state index in [0.717, 1.165) is 23.2 Å². The van der Waals surface area contributed by atoms with Crippen LogP contribution < -0.4 is 4.90 Å². The molecule has 78 valence electrons. The summed E-state index contributed by atoms with van der Waals surface area (Å²) in [5, 5.41) is 8.89. The first-order chi connectivity index (χ1) is 7.18. The van der Waals surface area contributed by atoms with Crippen molar-refractivity contribution in [1.82, 2.24) is 0 Å². The summed E-state index contributed by atoms with van der Waals surface area (Å²) >= 11 is 3.43. The number of hydrogen-bond acceptors (Lipinski definition) is 2. The number of halogens is 1. The Hall–Kier alpha value is -1.29. The molecule has 0 unspecified atom stereocenters. The largest absolute Gasteiger partial charge is 0.478 e. The third-order valence-corrected chi connectivity index (χ3v) is 3.02. The third-order valence-electron chi connectivity index (χ3n) is 2.35. The Labute approximate surface area is 96.1 Å². The van der Waals surface area contributed by atoms with E-state index in [1.54, 1.807) is 18.2 Å². The lowest BCUT2D eigenvalue weighted by Crippen LogP contribution is -2.19. The standard InChI is InChI=1S/C11H10BrNO2/c12-9-4-3-8(11(14)15)7-10(9)13-5-1-2-6-13/h1-4,7H,5-6H2,(H,14,15). The normalized spacial score (nSPS) is 14.6. The second-order valence-electron chi connectivity index (χ2n) is 3.35. The van der Waals surface area contributed by atoms with E-state index in [4.69, 9.17) is 5.11 Å². The lowest BCUT2D eigenvalue weighted by Gasteiger charge is -2.19. The van der Waals surface area contributed by atoms with Gasteiger partial charge in [0.2, 0.25) is 0 Å². The first-order valence-electron chi connectivity index (χ1n) is 4.61. The van der Waals surface area contributed by atoms with Gasteiger partial charge < -0.3 is 10.0 Å². The molecule has 0 bridgehead atoms. The third kappa shape index (κ3) is 2.04. The Morgan fingerprint density at radius 2 is 2.00 bits per heavy atom. The average Bonchev–Trinajstić information content (AvgIpc) is 2.71. The summed E-state index contributed by atoms with van der Waals surface area (Å²) in [6.07, 6.45) is 4.14. The van der Waals surface area contributed by atoms with Crippen LogP contribution in [0.15, 0.2) is 34.8 Å². The monoisotopic (exact) mass is 267 g/mol. The van der Waals surface area contributed by atoms with Gasteiger partial charge in [0, 0.05) is 17.6 Å². The van der Waals surface area contributed by atoms with Gasteiger partial charge in [-0.1, -0.05) is 12.2 Å². The van der Waals surface area contributed by atoms with E-state index in [1.807, 2.05) is 0 Å². The molecule has 2 rings (SSSR count). The van der Waals surface area contributed by atoms with Crippen LogP contribution in [-0.2, 0) is 0 Å². The molecule has 1 aromatic carbocycles. The SMILES string of the molecule is O=C(O)c1ccc(Br)c(N2CC=CC2)c1. The smallest absolute Gasteiger partial charge is 0.335 e. The van der Waals surface area contributed by atoms with Crippen LogP contribution in [0.5, 0.6) is 0 Å². The quantitative estimate of drug-likeness (QED) is 0.838. The molecule has 1 heterocycles. The predicted molar refractivity (Wildman–Crippen MR) is 62.5 cm³/mol. The van der Waals surface area contributed by atoms with Crippen LogP contribution in [0, 0.1) is 0 Å². The molecule has 1 N–H and O–H groups in total. The average molecular weight is 268 g/mol. The maximum absolute atomic E-state index is 10.8. The maximum Gasteiger partial charge on any atom is 0.335 e. The molecule has 0 fully saturated rings. The van der Waals surface area contributed by atoms with E-state index < -0.39 is 5.97 Å². The Morgan fingerprint density at radius 3 is 2.60 bits per heavy atom. The fourth-order valence-corrected chi connectivity index (χ4v) is 2.06. The van der Waals surface area contributed by atoms with E-state index in [-0.39, 0.29) is 0 Å². The van der Waals surface area contributed by atoms with Gasteiger partial charge in [0.15, 0.2) is 0 Å². The molecule has 0 radical (unpaired) electrons. The van der Waals surface area contributed by atoms with E-state index >= 15 is 0 Å². The van der Waals surface area contributed by atoms with Crippen molar-refractivity contribution >= 4 is 27.6 Å². The predicted octanol–water partition coefficient (Wildman–Crippen LogP) is 2.52. The molecule has 0 aliphatic carbocycles. The van der Waals surface area contributed by atoms with Crippen molar-refractivity contribution in [3.8, 4) is 0 Å². The molecular weight excluding hydrogens is 258 g/mol. The topological polar surface area (TPSA) is 40.5 Å². The maximum atomic E-state index is 10.8.